The van der Waals surface area contributed by atoms with Crippen LogP contribution < -0.4 is 5.73 Å². The number of aryl methyl sites for hydroxylation is 1. The number of rotatable bonds is 3. The molecule has 0 amide bonds. The lowest BCUT2D eigenvalue weighted by Crippen LogP contribution is -2.16. The molecule has 2 aromatic rings. The van der Waals surface area contributed by atoms with Gasteiger partial charge in [-0.2, -0.15) is 0 Å². The lowest BCUT2D eigenvalue weighted by atomic mass is 9.93. The highest BCUT2D eigenvalue weighted by atomic mass is 32.1. The molecule has 2 heteroatoms. The molecule has 0 fully saturated rings. The average molecular weight is 231 g/mol. The monoisotopic (exact) mass is 231 g/mol. The summed E-state index contributed by atoms with van der Waals surface area (Å²) in [5.41, 5.74) is 7.60. The van der Waals surface area contributed by atoms with Crippen molar-refractivity contribution in [2.75, 3.05) is 0 Å². The maximum absolute atomic E-state index is 6.29. The molecule has 0 radical (unpaired) electrons. The minimum Gasteiger partial charge on any atom is -0.323 e. The molecule has 0 aliphatic carbocycles. The third kappa shape index (κ3) is 2.34. The van der Waals surface area contributed by atoms with Gasteiger partial charge in [-0.05, 0) is 24.6 Å². The van der Waals surface area contributed by atoms with Crippen LogP contribution in [-0.4, -0.2) is 0 Å². The Bertz CT molecular complexity index is 447. The van der Waals surface area contributed by atoms with E-state index < -0.39 is 0 Å². The summed E-state index contributed by atoms with van der Waals surface area (Å²) in [5.74, 6) is 0.360. The van der Waals surface area contributed by atoms with Crippen molar-refractivity contribution < 1.29 is 0 Å². The Labute approximate surface area is 101 Å². The second-order valence-corrected chi connectivity index (χ2v) is 5.49. The fourth-order valence-electron chi connectivity index (χ4n) is 1.84. The van der Waals surface area contributed by atoms with Gasteiger partial charge in [0.1, 0.15) is 0 Å². The molecule has 16 heavy (non-hydrogen) atoms. The molecule has 0 aliphatic heterocycles. The summed E-state index contributed by atoms with van der Waals surface area (Å²) in [6.07, 6.45) is 0. The first kappa shape index (κ1) is 11.4. The van der Waals surface area contributed by atoms with E-state index in [4.69, 9.17) is 5.73 Å². The first-order valence-corrected chi connectivity index (χ1v) is 6.37. The number of hydrogen-bond donors (Lipinski definition) is 1. The minimum atomic E-state index is 0.0982. The van der Waals surface area contributed by atoms with Crippen molar-refractivity contribution in [1.29, 1.82) is 0 Å². The van der Waals surface area contributed by atoms with E-state index >= 15 is 0 Å². The Balaban J connectivity index is 2.19. The largest absolute Gasteiger partial charge is 0.323 e. The topological polar surface area (TPSA) is 26.0 Å². The number of hydrogen-bond acceptors (Lipinski definition) is 2. The molecular formula is C14H17NS. The SMILES string of the molecule is Cc1ccc(C(N)C(C)c2ccccc2)s1. The maximum atomic E-state index is 6.29. The molecule has 1 nitrogen and oxygen atoms in total. The van der Waals surface area contributed by atoms with Crippen LogP contribution >= 0.6 is 11.3 Å². The van der Waals surface area contributed by atoms with Gasteiger partial charge in [0.15, 0.2) is 0 Å². The standard InChI is InChI=1S/C14H17NS/c1-10-8-9-13(16-10)14(15)11(2)12-6-4-3-5-7-12/h3-9,11,14H,15H2,1-2H3. The second kappa shape index (κ2) is 4.81. The molecule has 1 aromatic heterocycles. The van der Waals surface area contributed by atoms with Gasteiger partial charge < -0.3 is 5.73 Å². The van der Waals surface area contributed by atoms with Crippen LogP contribution in [0.2, 0.25) is 0 Å². The van der Waals surface area contributed by atoms with Crippen molar-refractivity contribution in [3.05, 3.63) is 57.8 Å². The molecule has 0 saturated carbocycles. The summed E-state index contributed by atoms with van der Waals surface area (Å²) in [6, 6.07) is 14.8. The summed E-state index contributed by atoms with van der Waals surface area (Å²) >= 11 is 1.79. The van der Waals surface area contributed by atoms with Gasteiger partial charge >= 0.3 is 0 Å². The van der Waals surface area contributed by atoms with Crippen molar-refractivity contribution in [3.8, 4) is 0 Å². The van der Waals surface area contributed by atoms with Gasteiger partial charge in [-0.25, -0.2) is 0 Å². The summed E-state index contributed by atoms with van der Waals surface area (Å²) in [7, 11) is 0. The summed E-state index contributed by atoms with van der Waals surface area (Å²) < 4.78 is 0. The quantitative estimate of drug-likeness (QED) is 0.853. The zero-order chi connectivity index (χ0) is 11.5. The fraction of sp³-hybridized carbons (Fsp3) is 0.286. The number of benzene rings is 1. The van der Waals surface area contributed by atoms with Crippen LogP contribution in [0.25, 0.3) is 0 Å². The third-order valence-corrected chi connectivity index (χ3v) is 4.06. The Morgan fingerprint density at radius 3 is 2.31 bits per heavy atom. The van der Waals surface area contributed by atoms with Crippen LogP contribution in [-0.2, 0) is 0 Å². The summed E-state index contributed by atoms with van der Waals surface area (Å²) in [6.45, 7) is 4.31. The molecule has 2 unspecified atom stereocenters. The maximum Gasteiger partial charge on any atom is 0.0456 e. The fourth-order valence-corrected chi connectivity index (χ4v) is 2.83. The molecule has 2 atom stereocenters. The predicted octanol–water partition coefficient (Wildman–Crippen LogP) is 3.86. The third-order valence-electron chi connectivity index (χ3n) is 2.95. The van der Waals surface area contributed by atoms with Crippen LogP contribution in [0, 0.1) is 6.92 Å². The Hall–Kier alpha value is -1.12. The molecular weight excluding hydrogens is 214 g/mol. The van der Waals surface area contributed by atoms with Crippen molar-refractivity contribution in [3.63, 3.8) is 0 Å². The lowest BCUT2D eigenvalue weighted by molar-refractivity contribution is 0.607. The van der Waals surface area contributed by atoms with Crippen molar-refractivity contribution in [2.24, 2.45) is 5.73 Å². The highest BCUT2D eigenvalue weighted by Gasteiger charge is 2.17. The molecule has 1 aromatic carbocycles. The van der Waals surface area contributed by atoms with Crippen molar-refractivity contribution >= 4 is 11.3 Å². The summed E-state index contributed by atoms with van der Waals surface area (Å²) in [5, 5.41) is 0. The van der Waals surface area contributed by atoms with Crippen LogP contribution in [0.15, 0.2) is 42.5 Å². The molecule has 2 rings (SSSR count). The van der Waals surface area contributed by atoms with Crippen molar-refractivity contribution in [2.45, 2.75) is 25.8 Å². The van der Waals surface area contributed by atoms with E-state index in [0.717, 1.165) is 0 Å². The van der Waals surface area contributed by atoms with E-state index in [1.165, 1.54) is 15.3 Å². The van der Waals surface area contributed by atoms with E-state index in [9.17, 15) is 0 Å². The van der Waals surface area contributed by atoms with Crippen LogP contribution in [0.1, 0.15) is 34.2 Å². The zero-order valence-electron chi connectivity index (χ0n) is 9.68. The highest BCUT2D eigenvalue weighted by molar-refractivity contribution is 7.12. The van der Waals surface area contributed by atoms with Crippen LogP contribution in [0.5, 0.6) is 0 Å². The molecule has 0 spiro atoms. The van der Waals surface area contributed by atoms with E-state index in [0.29, 0.717) is 5.92 Å². The average Bonchev–Trinajstić information content (AvgIpc) is 2.75. The number of thiophene rings is 1. The van der Waals surface area contributed by atoms with E-state index in [-0.39, 0.29) is 6.04 Å². The van der Waals surface area contributed by atoms with Gasteiger partial charge in [-0.1, -0.05) is 37.3 Å². The van der Waals surface area contributed by atoms with E-state index in [1.807, 2.05) is 6.07 Å². The smallest absolute Gasteiger partial charge is 0.0456 e. The molecule has 84 valence electrons. The van der Waals surface area contributed by atoms with Gasteiger partial charge in [-0.15, -0.1) is 11.3 Å². The molecule has 2 N–H and O–H groups in total. The van der Waals surface area contributed by atoms with E-state index in [1.54, 1.807) is 11.3 Å². The molecule has 0 aliphatic rings. The lowest BCUT2D eigenvalue weighted by Gasteiger charge is -2.19. The molecule has 0 saturated heterocycles. The Morgan fingerprint density at radius 1 is 1.06 bits per heavy atom. The van der Waals surface area contributed by atoms with Gasteiger partial charge in [0.2, 0.25) is 0 Å². The Morgan fingerprint density at radius 2 is 1.75 bits per heavy atom. The normalized spacial score (nSPS) is 14.7. The van der Waals surface area contributed by atoms with Gasteiger partial charge in [0, 0.05) is 21.7 Å². The molecule has 1 heterocycles. The van der Waals surface area contributed by atoms with Gasteiger partial charge in [0.05, 0.1) is 0 Å². The first-order chi connectivity index (χ1) is 7.68. The van der Waals surface area contributed by atoms with Crippen LogP contribution in [0.3, 0.4) is 0 Å². The van der Waals surface area contributed by atoms with Gasteiger partial charge in [0.25, 0.3) is 0 Å². The zero-order valence-corrected chi connectivity index (χ0v) is 10.5. The summed E-state index contributed by atoms with van der Waals surface area (Å²) in [4.78, 5) is 2.60. The van der Waals surface area contributed by atoms with Crippen LogP contribution in [0.4, 0.5) is 0 Å². The second-order valence-electron chi connectivity index (χ2n) is 4.17. The van der Waals surface area contributed by atoms with Crippen molar-refractivity contribution in [1.82, 2.24) is 0 Å². The number of nitrogens with two attached hydrogens (primary N) is 1. The minimum absolute atomic E-state index is 0.0982. The predicted molar refractivity (Wildman–Crippen MR) is 70.8 cm³/mol. The first-order valence-electron chi connectivity index (χ1n) is 5.55. The van der Waals surface area contributed by atoms with E-state index in [2.05, 4.69) is 50.2 Å². The Kier molecular flexibility index (Phi) is 3.42. The highest BCUT2D eigenvalue weighted by Crippen LogP contribution is 2.32. The van der Waals surface area contributed by atoms with Gasteiger partial charge in [-0.3, -0.25) is 0 Å². The molecule has 0 bridgehead atoms.